The molecule has 2 atom stereocenters. The van der Waals surface area contributed by atoms with E-state index in [0.29, 0.717) is 13.2 Å². The van der Waals surface area contributed by atoms with Crippen LogP contribution in [0.3, 0.4) is 0 Å². The van der Waals surface area contributed by atoms with Crippen LogP contribution in [0.25, 0.3) is 0 Å². The van der Waals surface area contributed by atoms with Gasteiger partial charge in [-0.25, -0.2) is 0 Å². The number of carboxylic acids is 1. The lowest BCUT2D eigenvalue weighted by Crippen LogP contribution is -2.51. The molecule has 1 heterocycles. The van der Waals surface area contributed by atoms with Crippen molar-refractivity contribution in [3.63, 3.8) is 0 Å². The van der Waals surface area contributed by atoms with Crippen LogP contribution in [0.5, 0.6) is 0 Å². The molecule has 0 aromatic rings. The number of aliphatic carboxylic acids is 1. The van der Waals surface area contributed by atoms with Gasteiger partial charge in [0, 0.05) is 5.92 Å². The van der Waals surface area contributed by atoms with Gasteiger partial charge in [-0.1, -0.05) is 13.8 Å². The summed E-state index contributed by atoms with van der Waals surface area (Å²) >= 11 is 0. The normalized spacial score (nSPS) is 20.7. The molecule has 0 aromatic carbocycles. The molecule has 1 fully saturated rings. The van der Waals surface area contributed by atoms with E-state index in [4.69, 9.17) is 9.84 Å². The highest BCUT2D eigenvalue weighted by Gasteiger charge is 2.29. The molecule has 0 bridgehead atoms. The maximum Gasteiger partial charge on any atom is 0.307 e. The predicted octanol–water partition coefficient (Wildman–Crippen LogP) is -0.142. The zero-order chi connectivity index (χ0) is 10.7. The van der Waals surface area contributed by atoms with Crippen molar-refractivity contribution in [3.05, 3.63) is 0 Å². The summed E-state index contributed by atoms with van der Waals surface area (Å²) in [5.74, 6) is -2.32. The molecule has 80 valence electrons. The second-order valence-corrected chi connectivity index (χ2v) is 3.66. The van der Waals surface area contributed by atoms with E-state index >= 15 is 0 Å². The predicted molar refractivity (Wildman–Crippen MR) is 48.7 cm³/mol. The average Bonchev–Trinajstić information content (AvgIpc) is 2.08. The van der Waals surface area contributed by atoms with Gasteiger partial charge in [0.25, 0.3) is 0 Å². The summed E-state index contributed by atoms with van der Waals surface area (Å²) in [6.07, 6.45) is 0. The molecule has 0 radical (unpaired) electrons. The molecular formula is C9H15NO4. The van der Waals surface area contributed by atoms with E-state index in [9.17, 15) is 9.59 Å². The van der Waals surface area contributed by atoms with E-state index in [0.717, 1.165) is 0 Å². The molecule has 2 unspecified atom stereocenters. The minimum absolute atomic E-state index is 0.0611. The first-order chi connectivity index (χ1) is 6.52. The molecule has 5 nitrogen and oxygen atoms in total. The summed E-state index contributed by atoms with van der Waals surface area (Å²) in [5, 5.41) is 11.4. The maximum absolute atomic E-state index is 11.5. The van der Waals surface area contributed by atoms with Crippen LogP contribution in [0.4, 0.5) is 0 Å². The topological polar surface area (TPSA) is 75.6 Å². The van der Waals surface area contributed by atoms with Crippen LogP contribution in [0, 0.1) is 11.8 Å². The zero-order valence-electron chi connectivity index (χ0n) is 8.32. The Balaban J connectivity index is 2.38. The standard InChI is InChI=1S/C9H15NO4/c1-5(6(2)9(12)13)8(11)10-7-3-14-4-7/h5-7H,3-4H2,1-2H3,(H,10,11)(H,12,13). The summed E-state index contributed by atoms with van der Waals surface area (Å²) in [5.41, 5.74) is 0. The Kier molecular flexibility index (Phi) is 3.46. The molecule has 0 spiro atoms. The van der Waals surface area contributed by atoms with Crippen LogP contribution in [-0.2, 0) is 14.3 Å². The van der Waals surface area contributed by atoms with Crippen molar-refractivity contribution in [1.29, 1.82) is 0 Å². The summed E-state index contributed by atoms with van der Waals surface area (Å²) < 4.78 is 4.89. The minimum atomic E-state index is -0.947. The fourth-order valence-electron chi connectivity index (χ4n) is 1.09. The quantitative estimate of drug-likeness (QED) is 0.663. The second kappa shape index (κ2) is 4.41. The van der Waals surface area contributed by atoms with Crippen molar-refractivity contribution in [1.82, 2.24) is 5.32 Å². The third-order valence-corrected chi connectivity index (χ3v) is 2.54. The maximum atomic E-state index is 11.5. The number of hydrogen-bond acceptors (Lipinski definition) is 3. The molecule has 0 saturated carbocycles. The number of carbonyl (C=O) groups excluding carboxylic acids is 1. The summed E-state index contributed by atoms with van der Waals surface area (Å²) in [4.78, 5) is 22.1. The Morgan fingerprint density at radius 1 is 1.36 bits per heavy atom. The fourth-order valence-corrected chi connectivity index (χ4v) is 1.09. The molecule has 14 heavy (non-hydrogen) atoms. The van der Waals surface area contributed by atoms with Crippen LogP contribution in [-0.4, -0.2) is 36.2 Å². The van der Waals surface area contributed by atoms with Crippen molar-refractivity contribution in [3.8, 4) is 0 Å². The summed E-state index contributed by atoms with van der Waals surface area (Å²) in [6.45, 7) is 4.21. The fraction of sp³-hybridized carbons (Fsp3) is 0.778. The number of amides is 1. The molecule has 1 aliphatic rings. The Morgan fingerprint density at radius 3 is 2.29 bits per heavy atom. The first kappa shape index (κ1) is 11.0. The molecule has 0 aliphatic carbocycles. The third kappa shape index (κ3) is 2.45. The molecule has 1 rings (SSSR count). The second-order valence-electron chi connectivity index (χ2n) is 3.66. The highest BCUT2D eigenvalue weighted by molar-refractivity contribution is 5.84. The van der Waals surface area contributed by atoms with Crippen molar-refractivity contribution in [2.45, 2.75) is 19.9 Å². The Morgan fingerprint density at radius 2 is 1.93 bits per heavy atom. The Labute approximate surface area is 82.4 Å². The van der Waals surface area contributed by atoms with Crippen LogP contribution >= 0.6 is 0 Å². The Hall–Kier alpha value is -1.10. The lowest BCUT2D eigenvalue weighted by molar-refractivity contribution is -0.146. The van der Waals surface area contributed by atoms with Gasteiger partial charge in [0.15, 0.2) is 0 Å². The number of hydrogen-bond donors (Lipinski definition) is 2. The van der Waals surface area contributed by atoms with Crippen molar-refractivity contribution in [2.24, 2.45) is 11.8 Å². The van der Waals surface area contributed by atoms with Crippen molar-refractivity contribution < 1.29 is 19.4 Å². The van der Waals surface area contributed by atoms with Gasteiger partial charge < -0.3 is 15.2 Å². The first-order valence-electron chi connectivity index (χ1n) is 4.63. The van der Waals surface area contributed by atoms with E-state index in [2.05, 4.69) is 5.32 Å². The van der Waals surface area contributed by atoms with Crippen LogP contribution < -0.4 is 5.32 Å². The molecule has 1 aliphatic heterocycles. The molecule has 5 heteroatoms. The molecule has 0 aromatic heterocycles. The van der Waals surface area contributed by atoms with E-state index in [1.807, 2.05) is 0 Å². The summed E-state index contributed by atoms with van der Waals surface area (Å²) in [7, 11) is 0. The number of carboxylic acid groups (broad SMARTS) is 1. The first-order valence-corrected chi connectivity index (χ1v) is 4.63. The van der Waals surface area contributed by atoms with Gasteiger partial charge in [0.1, 0.15) is 0 Å². The van der Waals surface area contributed by atoms with Crippen LogP contribution in [0.2, 0.25) is 0 Å². The zero-order valence-corrected chi connectivity index (χ0v) is 8.32. The van der Waals surface area contributed by atoms with E-state index in [-0.39, 0.29) is 11.9 Å². The van der Waals surface area contributed by atoms with Gasteiger partial charge >= 0.3 is 5.97 Å². The van der Waals surface area contributed by atoms with Crippen LogP contribution in [0.1, 0.15) is 13.8 Å². The van der Waals surface area contributed by atoms with Gasteiger partial charge in [-0.3, -0.25) is 9.59 Å². The molecule has 1 saturated heterocycles. The monoisotopic (exact) mass is 201 g/mol. The lowest BCUT2D eigenvalue weighted by Gasteiger charge is -2.28. The van der Waals surface area contributed by atoms with E-state index in [1.165, 1.54) is 6.92 Å². The van der Waals surface area contributed by atoms with Gasteiger partial charge in [-0.05, 0) is 0 Å². The van der Waals surface area contributed by atoms with E-state index in [1.54, 1.807) is 6.92 Å². The van der Waals surface area contributed by atoms with Crippen molar-refractivity contribution in [2.75, 3.05) is 13.2 Å². The Bertz CT molecular complexity index is 237. The number of rotatable bonds is 4. The van der Waals surface area contributed by atoms with Crippen molar-refractivity contribution >= 4 is 11.9 Å². The van der Waals surface area contributed by atoms with Gasteiger partial charge in [0.05, 0.1) is 25.2 Å². The van der Waals surface area contributed by atoms with E-state index < -0.39 is 17.8 Å². The number of ether oxygens (including phenoxy) is 1. The SMILES string of the molecule is CC(C(=O)O)C(C)C(=O)NC1COC1. The smallest absolute Gasteiger partial charge is 0.307 e. The largest absolute Gasteiger partial charge is 0.481 e. The average molecular weight is 201 g/mol. The minimum Gasteiger partial charge on any atom is -0.481 e. The van der Waals surface area contributed by atoms with Gasteiger partial charge in [-0.15, -0.1) is 0 Å². The van der Waals surface area contributed by atoms with Crippen LogP contribution in [0.15, 0.2) is 0 Å². The molecule has 2 N–H and O–H groups in total. The lowest BCUT2D eigenvalue weighted by atomic mass is 9.95. The number of carbonyl (C=O) groups is 2. The molecule has 1 amide bonds. The van der Waals surface area contributed by atoms with Gasteiger partial charge in [0.2, 0.25) is 5.91 Å². The molecular weight excluding hydrogens is 186 g/mol. The highest BCUT2D eigenvalue weighted by atomic mass is 16.5. The number of nitrogens with one attached hydrogen (secondary N) is 1. The highest BCUT2D eigenvalue weighted by Crippen LogP contribution is 2.12. The summed E-state index contributed by atoms with van der Waals surface area (Å²) in [6, 6.07) is 0.0611. The van der Waals surface area contributed by atoms with Gasteiger partial charge in [-0.2, -0.15) is 0 Å². The third-order valence-electron chi connectivity index (χ3n) is 2.54.